The van der Waals surface area contributed by atoms with Crippen LogP contribution < -0.4 is 9.80 Å². The van der Waals surface area contributed by atoms with Crippen LogP contribution in [0.5, 0.6) is 0 Å². The van der Waals surface area contributed by atoms with E-state index in [1.165, 1.54) is 83.7 Å². The second-order valence-electron chi connectivity index (χ2n) is 19.2. The summed E-state index contributed by atoms with van der Waals surface area (Å²) in [5.74, 6) is 0.355. The number of hydrogen-bond acceptors (Lipinski definition) is 2. The van der Waals surface area contributed by atoms with Crippen LogP contribution >= 0.6 is 0 Å². The molecule has 0 fully saturated rings. The summed E-state index contributed by atoms with van der Waals surface area (Å²) in [6.07, 6.45) is 4.89. The molecule has 2 atom stereocenters. The van der Waals surface area contributed by atoms with Crippen LogP contribution in [0, 0.1) is 5.92 Å². The molecule has 0 N–H and O–H groups in total. The van der Waals surface area contributed by atoms with Crippen LogP contribution in [-0.4, -0.2) is 0 Å². The van der Waals surface area contributed by atoms with Gasteiger partial charge in [-0.3, -0.25) is 0 Å². The molecule has 0 radical (unpaired) electrons. The van der Waals surface area contributed by atoms with Crippen molar-refractivity contribution in [3.8, 4) is 22.3 Å². The van der Waals surface area contributed by atoms with Crippen LogP contribution in [-0.2, 0) is 10.8 Å². The van der Waals surface area contributed by atoms with Crippen LogP contribution in [0.3, 0.4) is 0 Å². The van der Waals surface area contributed by atoms with E-state index in [2.05, 4.69) is 267 Å². The zero-order valence-corrected chi connectivity index (χ0v) is 38.1. The number of benzene rings is 9. The van der Waals surface area contributed by atoms with Gasteiger partial charge in [0.1, 0.15) is 0 Å². The maximum absolute atomic E-state index is 2.49. The van der Waals surface area contributed by atoms with Crippen molar-refractivity contribution in [1.82, 2.24) is 0 Å². The van der Waals surface area contributed by atoms with Crippen molar-refractivity contribution in [2.24, 2.45) is 5.92 Å². The summed E-state index contributed by atoms with van der Waals surface area (Å²) >= 11 is 0. The Bertz CT molecular complexity index is 3420. The summed E-state index contributed by atoms with van der Waals surface area (Å²) in [6.45, 7) is 7.16. The Labute approximate surface area is 394 Å². The minimum atomic E-state index is -0.512. The van der Waals surface area contributed by atoms with Crippen LogP contribution in [0.4, 0.5) is 34.1 Å². The Kier molecular flexibility index (Phi) is 8.86. The first-order valence-electron chi connectivity index (χ1n) is 23.8. The number of hydrogen-bond donors (Lipinski definition) is 0. The van der Waals surface area contributed by atoms with E-state index in [0.29, 0.717) is 0 Å². The molecule has 2 heteroatoms. The van der Waals surface area contributed by atoms with Crippen molar-refractivity contribution in [3.05, 3.63) is 281 Å². The van der Waals surface area contributed by atoms with E-state index < -0.39 is 5.41 Å². The molecule has 1 heterocycles. The van der Waals surface area contributed by atoms with E-state index in [1.807, 2.05) is 0 Å². The molecule has 1 spiro atoms. The lowest BCUT2D eigenvalue weighted by Gasteiger charge is -2.48. The van der Waals surface area contributed by atoms with E-state index in [1.54, 1.807) is 0 Å². The van der Waals surface area contributed by atoms with Crippen molar-refractivity contribution < 1.29 is 0 Å². The lowest BCUT2D eigenvalue weighted by Crippen LogP contribution is -2.39. The monoisotopic (exact) mass is 858 g/mol. The van der Waals surface area contributed by atoms with Crippen LogP contribution in [0.2, 0.25) is 0 Å². The molecule has 0 saturated heterocycles. The second kappa shape index (κ2) is 15.1. The van der Waals surface area contributed by atoms with Crippen molar-refractivity contribution in [2.75, 3.05) is 9.80 Å². The summed E-state index contributed by atoms with van der Waals surface area (Å²) in [4.78, 5) is 4.96. The molecule has 3 aliphatic carbocycles. The number of nitrogens with zero attached hydrogens (tertiary/aromatic N) is 2. The third kappa shape index (κ3) is 5.69. The molecule has 0 saturated carbocycles. The van der Waals surface area contributed by atoms with Gasteiger partial charge in [0.15, 0.2) is 0 Å². The maximum Gasteiger partial charge on any atom is 0.0723 e. The first kappa shape index (κ1) is 39.4. The van der Waals surface area contributed by atoms with Gasteiger partial charge in [0.05, 0.1) is 22.5 Å². The van der Waals surface area contributed by atoms with Crippen LogP contribution in [0.1, 0.15) is 65.6 Å². The van der Waals surface area contributed by atoms with Gasteiger partial charge in [-0.2, -0.15) is 0 Å². The molecule has 9 aromatic carbocycles. The lowest BCUT2D eigenvalue weighted by molar-refractivity contribution is 0.546. The highest BCUT2D eigenvalue weighted by Crippen LogP contribution is 2.67. The molecule has 2 unspecified atom stereocenters. The summed E-state index contributed by atoms with van der Waals surface area (Å²) in [5, 5.41) is 0. The molecule has 67 heavy (non-hydrogen) atoms. The van der Waals surface area contributed by atoms with Gasteiger partial charge in [-0.25, -0.2) is 0 Å². The first-order chi connectivity index (χ1) is 32.9. The quantitative estimate of drug-likeness (QED) is 0.164. The number of anilines is 6. The van der Waals surface area contributed by atoms with Gasteiger partial charge in [-0.05, 0) is 127 Å². The molecule has 2 nitrogen and oxygen atoms in total. The van der Waals surface area contributed by atoms with Gasteiger partial charge in [-0.1, -0.05) is 203 Å². The van der Waals surface area contributed by atoms with E-state index in [-0.39, 0.29) is 17.3 Å². The second-order valence-corrected chi connectivity index (χ2v) is 19.2. The van der Waals surface area contributed by atoms with Gasteiger partial charge in [0.2, 0.25) is 0 Å². The largest absolute Gasteiger partial charge is 0.310 e. The van der Waals surface area contributed by atoms with Gasteiger partial charge in [0, 0.05) is 34.0 Å². The highest BCUT2D eigenvalue weighted by molar-refractivity contribution is 5.99. The molecular formula is C65H50N2. The molecule has 0 bridgehead atoms. The fraction of sp³-hybridized carbons (Fsp3) is 0.108. The fourth-order valence-corrected chi connectivity index (χ4v) is 12.5. The summed E-state index contributed by atoms with van der Waals surface area (Å²) in [7, 11) is 0. The molecule has 13 rings (SSSR count). The minimum Gasteiger partial charge on any atom is -0.310 e. The molecule has 4 aliphatic rings. The minimum absolute atomic E-state index is 0.107. The van der Waals surface area contributed by atoms with Crippen molar-refractivity contribution >= 4 is 39.7 Å². The first-order valence-corrected chi connectivity index (χ1v) is 23.8. The zero-order valence-electron chi connectivity index (χ0n) is 38.1. The van der Waals surface area contributed by atoms with E-state index in [4.69, 9.17) is 0 Å². The van der Waals surface area contributed by atoms with Gasteiger partial charge in [0.25, 0.3) is 0 Å². The van der Waals surface area contributed by atoms with Gasteiger partial charge in [-0.15, -0.1) is 0 Å². The lowest BCUT2D eigenvalue weighted by atomic mass is 9.58. The number of allylic oxidation sites excluding steroid dienone is 4. The van der Waals surface area contributed by atoms with Crippen LogP contribution in [0.15, 0.2) is 242 Å². The topological polar surface area (TPSA) is 6.48 Å². The predicted octanol–water partition coefficient (Wildman–Crippen LogP) is 17.0. The van der Waals surface area contributed by atoms with E-state index in [0.717, 1.165) is 22.7 Å². The van der Waals surface area contributed by atoms with Gasteiger partial charge >= 0.3 is 0 Å². The third-order valence-corrected chi connectivity index (χ3v) is 15.4. The fourth-order valence-electron chi connectivity index (χ4n) is 12.5. The van der Waals surface area contributed by atoms with Crippen molar-refractivity contribution in [3.63, 3.8) is 0 Å². The normalized spacial score (nSPS) is 17.6. The summed E-state index contributed by atoms with van der Waals surface area (Å²) in [6, 6.07) is 83.8. The van der Waals surface area contributed by atoms with E-state index >= 15 is 0 Å². The van der Waals surface area contributed by atoms with Crippen molar-refractivity contribution in [1.29, 1.82) is 0 Å². The standard InChI is InChI=1S/C65H50N2/c1-43-34-40-53-51-26-11-14-28-55(51)65(56-29-15-18-32-60(56)67(46-22-8-5-9-23-46)61-33-19-16-30-57(61)65)63(53)62(43)45-35-37-47(38-36-45)66(59-31-17-12-24-49(59)44-20-6-4-7-21-44)48-39-41-52-50-25-10-13-27-54(50)64(2,3)58(52)42-48/h4-43,62H,1-3H3. The Hall–Kier alpha value is -7.94. The average Bonchev–Trinajstić information content (AvgIpc) is 3.80. The Morgan fingerprint density at radius 2 is 0.985 bits per heavy atom. The SMILES string of the molecule is CC1C=CC2=C(C1c1ccc(N(c3ccc4c(c3)C(C)(C)c3ccccc3-4)c3ccccc3-c3ccccc3)cc1)C1(c3ccccc32)c2ccccc2N(c2ccccc2)c2ccccc21. The summed E-state index contributed by atoms with van der Waals surface area (Å²) < 4.78 is 0. The maximum atomic E-state index is 2.49. The molecular weight excluding hydrogens is 809 g/mol. The average molecular weight is 859 g/mol. The molecule has 0 aromatic heterocycles. The van der Waals surface area contributed by atoms with Gasteiger partial charge < -0.3 is 9.80 Å². The Morgan fingerprint density at radius 1 is 0.448 bits per heavy atom. The highest BCUT2D eigenvalue weighted by atomic mass is 15.2. The smallest absolute Gasteiger partial charge is 0.0723 e. The highest BCUT2D eigenvalue weighted by Gasteiger charge is 2.55. The number of fused-ring (bicyclic) bond motifs is 11. The van der Waals surface area contributed by atoms with E-state index in [9.17, 15) is 0 Å². The third-order valence-electron chi connectivity index (χ3n) is 15.4. The molecule has 320 valence electrons. The van der Waals surface area contributed by atoms with Crippen LogP contribution in [0.25, 0.3) is 27.8 Å². The Morgan fingerprint density at radius 3 is 1.69 bits per heavy atom. The molecule has 9 aromatic rings. The van der Waals surface area contributed by atoms with Crippen molar-refractivity contribution in [2.45, 2.75) is 37.5 Å². The molecule has 0 amide bonds. The summed E-state index contributed by atoms with van der Waals surface area (Å²) in [5.41, 5.74) is 23.7. The molecule has 1 aliphatic heterocycles. The Balaban J connectivity index is 0.997. The number of rotatable bonds is 6. The zero-order chi connectivity index (χ0) is 44.9. The predicted molar refractivity (Wildman–Crippen MR) is 280 cm³/mol. The number of para-hydroxylation sites is 4.